The number of nitrogens with one attached hydrogen (secondary N) is 1. The Morgan fingerprint density at radius 1 is 1.29 bits per heavy atom. The molecule has 2 rings (SSSR count). The molecule has 1 atom stereocenters. The van der Waals surface area contributed by atoms with Gasteiger partial charge < -0.3 is 5.32 Å². The van der Waals surface area contributed by atoms with Gasteiger partial charge in [-0.1, -0.05) is 30.4 Å². The van der Waals surface area contributed by atoms with Crippen molar-refractivity contribution in [2.45, 2.75) is 6.04 Å². The van der Waals surface area contributed by atoms with Gasteiger partial charge in [-0.3, -0.25) is 4.79 Å². The third-order valence-electron chi connectivity index (χ3n) is 2.19. The SMILES string of the molecule is O=Cc1cccc(C2C=CC=CN2)c1. The van der Waals surface area contributed by atoms with Crippen molar-refractivity contribution in [3.8, 4) is 0 Å². The Hall–Kier alpha value is -1.83. The van der Waals surface area contributed by atoms with Crippen molar-refractivity contribution >= 4 is 6.29 Å². The zero-order valence-corrected chi connectivity index (χ0v) is 7.68. The largest absolute Gasteiger partial charge is 0.381 e. The quantitative estimate of drug-likeness (QED) is 0.716. The fourth-order valence-electron chi connectivity index (χ4n) is 1.48. The maximum Gasteiger partial charge on any atom is 0.150 e. The first-order valence-corrected chi connectivity index (χ1v) is 4.55. The summed E-state index contributed by atoms with van der Waals surface area (Å²) in [4.78, 5) is 10.6. The van der Waals surface area contributed by atoms with E-state index in [0.717, 1.165) is 11.8 Å². The summed E-state index contributed by atoms with van der Waals surface area (Å²) in [6.07, 6.45) is 8.77. The van der Waals surface area contributed by atoms with Gasteiger partial charge in [0.1, 0.15) is 6.29 Å². The predicted octanol–water partition coefficient (Wildman–Crippen LogP) is 2.21. The molecule has 0 fully saturated rings. The van der Waals surface area contributed by atoms with Crippen LogP contribution < -0.4 is 5.32 Å². The average Bonchev–Trinajstić information content (AvgIpc) is 2.30. The summed E-state index contributed by atoms with van der Waals surface area (Å²) in [6, 6.07) is 7.79. The van der Waals surface area contributed by atoms with Gasteiger partial charge in [-0.25, -0.2) is 0 Å². The third-order valence-corrected chi connectivity index (χ3v) is 2.19. The fourth-order valence-corrected chi connectivity index (χ4v) is 1.48. The van der Waals surface area contributed by atoms with E-state index in [1.807, 2.05) is 36.6 Å². The molecule has 1 N–H and O–H groups in total. The van der Waals surface area contributed by atoms with Crippen LogP contribution in [0.2, 0.25) is 0 Å². The number of allylic oxidation sites excluding steroid dienone is 2. The van der Waals surface area contributed by atoms with Crippen molar-refractivity contribution in [2.75, 3.05) is 0 Å². The van der Waals surface area contributed by atoms with Gasteiger partial charge >= 0.3 is 0 Å². The maximum atomic E-state index is 10.6. The van der Waals surface area contributed by atoms with E-state index in [1.165, 1.54) is 0 Å². The zero-order valence-electron chi connectivity index (χ0n) is 7.68. The lowest BCUT2D eigenvalue weighted by molar-refractivity contribution is 0.112. The van der Waals surface area contributed by atoms with Crippen LogP contribution in [-0.4, -0.2) is 6.29 Å². The van der Waals surface area contributed by atoms with E-state index in [9.17, 15) is 4.79 Å². The van der Waals surface area contributed by atoms with Gasteiger partial charge in [0.15, 0.2) is 0 Å². The number of carbonyl (C=O) groups is 1. The van der Waals surface area contributed by atoms with Crippen LogP contribution in [0.25, 0.3) is 0 Å². The summed E-state index contributed by atoms with van der Waals surface area (Å²) in [6.45, 7) is 0. The monoisotopic (exact) mass is 185 g/mol. The van der Waals surface area contributed by atoms with Gasteiger partial charge in [-0.15, -0.1) is 0 Å². The first-order chi connectivity index (χ1) is 6.90. The minimum absolute atomic E-state index is 0.180. The number of hydrogen-bond acceptors (Lipinski definition) is 2. The summed E-state index contributed by atoms with van der Waals surface area (Å²) in [7, 11) is 0. The van der Waals surface area contributed by atoms with Crippen LogP contribution in [0.4, 0.5) is 0 Å². The second kappa shape index (κ2) is 3.92. The highest BCUT2D eigenvalue weighted by Crippen LogP contribution is 2.17. The van der Waals surface area contributed by atoms with Gasteiger partial charge in [0.05, 0.1) is 6.04 Å². The summed E-state index contributed by atoms with van der Waals surface area (Å²) in [5, 5.41) is 3.20. The van der Waals surface area contributed by atoms with E-state index >= 15 is 0 Å². The molecule has 0 aliphatic carbocycles. The lowest BCUT2D eigenvalue weighted by atomic mass is 10.0. The van der Waals surface area contributed by atoms with Crippen molar-refractivity contribution in [3.63, 3.8) is 0 Å². The van der Waals surface area contributed by atoms with E-state index in [0.29, 0.717) is 5.56 Å². The number of dihydropyridines is 1. The molecule has 0 saturated carbocycles. The summed E-state index contributed by atoms with van der Waals surface area (Å²) in [5.41, 5.74) is 1.82. The van der Waals surface area contributed by atoms with E-state index in [-0.39, 0.29) is 6.04 Å². The molecule has 0 spiro atoms. The van der Waals surface area contributed by atoms with Crippen molar-refractivity contribution in [3.05, 3.63) is 59.8 Å². The lowest BCUT2D eigenvalue weighted by Crippen LogP contribution is -2.14. The summed E-state index contributed by atoms with van der Waals surface area (Å²) < 4.78 is 0. The second-order valence-corrected chi connectivity index (χ2v) is 3.18. The van der Waals surface area contributed by atoms with Gasteiger partial charge in [0, 0.05) is 5.56 Å². The van der Waals surface area contributed by atoms with Gasteiger partial charge in [-0.2, -0.15) is 0 Å². The first-order valence-electron chi connectivity index (χ1n) is 4.55. The predicted molar refractivity (Wildman–Crippen MR) is 56.0 cm³/mol. The molecule has 14 heavy (non-hydrogen) atoms. The number of aldehydes is 1. The van der Waals surface area contributed by atoms with E-state index in [1.54, 1.807) is 6.07 Å². The Morgan fingerprint density at radius 2 is 2.21 bits per heavy atom. The molecule has 70 valence electrons. The van der Waals surface area contributed by atoms with Crippen molar-refractivity contribution in [1.29, 1.82) is 0 Å². The smallest absolute Gasteiger partial charge is 0.150 e. The number of benzene rings is 1. The molecule has 0 aromatic heterocycles. The molecule has 1 heterocycles. The molecular weight excluding hydrogens is 174 g/mol. The van der Waals surface area contributed by atoms with Gasteiger partial charge in [-0.05, 0) is 23.9 Å². The minimum atomic E-state index is 0.180. The second-order valence-electron chi connectivity index (χ2n) is 3.18. The minimum Gasteiger partial charge on any atom is -0.381 e. The van der Waals surface area contributed by atoms with E-state index in [4.69, 9.17) is 0 Å². The summed E-state index contributed by atoms with van der Waals surface area (Å²) in [5.74, 6) is 0. The Labute approximate surface area is 82.9 Å². The molecule has 0 amide bonds. The molecular formula is C12H11NO. The van der Waals surface area contributed by atoms with Crippen LogP contribution in [0.1, 0.15) is 22.0 Å². The Balaban J connectivity index is 2.27. The Morgan fingerprint density at radius 3 is 2.93 bits per heavy atom. The summed E-state index contributed by atoms with van der Waals surface area (Å²) >= 11 is 0. The highest BCUT2D eigenvalue weighted by Gasteiger charge is 2.06. The fraction of sp³-hybridized carbons (Fsp3) is 0.0833. The van der Waals surface area contributed by atoms with Crippen molar-refractivity contribution < 1.29 is 4.79 Å². The standard InChI is InChI=1S/C12H11NO/c14-9-10-4-3-5-11(8-10)12-6-1-2-7-13-12/h1-9,12-13H. The molecule has 0 bridgehead atoms. The highest BCUT2D eigenvalue weighted by molar-refractivity contribution is 5.75. The van der Waals surface area contributed by atoms with Crippen LogP contribution in [0.5, 0.6) is 0 Å². The molecule has 1 aromatic carbocycles. The number of hydrogen-bond donors (Lipinski definition) is 1. The number of carbonyl (C=O) groups excluding carboxylic acids is 1. The zero-order chi connectivity index (χ0) is 9.80. The Bertz CT molecular complexity index is 393. The van der Waals surface area contributed by atoms with E-state index < -0.39 is 0 Å². The van der Waals surface area contributed by atoms with Gasteiger partial charge in [0.25, 0.3) is 0 Å². The maximum absolute atomic E-state index is 10.6. The first kappa shape index (κ1) is 8.75. The van der Waals surface area contributed by atoms with E-state index in [2.05, 4.69) is 11.4 Å². The third kappa shape index (κ3) is 1.74. The Kier molecular flexibility index (Phi) is 2.45. The topological polar surface area (TPSA) is 29.1 Å². The molecule has 1 aliphatic heterocycles. The van der Waals surface area contributed by atoms with Crippen molar-refractivity contribution in [2.24, 2.45) is 0 Å². The molecule has 1 aliphatic rings. The van der Waals surface area contributed by atoms with Crippen LogP contribution in [-0.2, 0) is 0 Å². The van der Waals surface area contributed by atoms with Crippen LogP contribution >= 0.6 is 0 Å². The van der Waals surface area contributed by atoms with Crippen LogP contribution in [0, 0.1) is 0 Å². The highest BCUT2D eigenvalue weighted by atomic mass is 16.1. The molecule has 1 aromatic rings. The normalized spacial score (nSPS) is 19.0. The lowest BCUT2D eigenvalue weighted by Gasteiger charge is -2.16. The molecule has 0 radical (unpaired) electrons. The van der Waals surface area contributed by atoms with Crippen molar-refractivity contribution in [1.82, 2.24) is 5.32 Å². The van der Waals surface area contributed by atoms with Crippen LogP contribution in [0.3, 0.4) is 0 Å². The van der Waals surface area contributed by atoms with Crippen LogP contribution in [0.15, 0.2) is 48.7 Å². The molecule has 0 saturated heterocycles. The van der Waals surface area contributed by atoms with Gasteiger partial charge in [0.2, 0.25) is 0 Å². The average molecular weight is 185 g/mol. The molecule has 1 unspecified atom stereocenters. The molecule has 2 heteroatoms. The molecule has 2 nitrogen and oxygen atoms in total. The number of rotatable bonds is 2.